The molecule has 1 atom stereocenters. The van der Waals surface area contributed by atoms with Crippen molar-refractivity contribution in [2.75, 3.05) is 13.6 Å². The minimum absolute atomic E-state index is 0.159. The van der Waals surface area contributed by atoms with Crippen molar-refractivity contribution >= 4 is 17.7 Å². The van der Waals surface area contributed by atoms with Gasteiger partial charge in [-0.1, -0.05) is 44.2 Å². The van der Waals surface area contributed by atoms with E-state index in [1.807, 2.05) is 30.3 Å². The van der Waals surface area contributed by atoms with Crippen LogP contribution in [0.3, 0.4) is 0 Å². The number of rotatable bonds is 7. The molecule has 160 valence electrons. The summed E-state index contributed by atoms with van der Waals surface area (Å²) < 4.78 is 1.46. The molecule has 0 bridgehead atoms. The fourth-order valence-electron chi connectivity index (χ4n) is 3.37. The van der Waals surface area contributed by atoms with E-state index in [1.165, 1.54) is 15.6 Å². The molecular formula is C22H29N5O3. The van der Waals surface area contributed by atoms with E-state index in [9.17, 15) is 14.4 Å². The van der Waals surface area contributed by atoms with Crippen molar-refractivity contribution in [3.63, 3.8) is 0 Å². The molecule has 0 spiro atoms. The highest BCUT2D eigenvalue weighted by Gasteiger charge is 2.46. The molecule has 1 aromatic carbocycles. The van der Waals surface area contributed by atoms with Crippen molar-refractivity contribution in [1.29, 1.82) is 0 Å². The van der Waals surface area contributed by atoms with E-state index in [2.05, 4.69) is 29.6 Å². The van der Waals surface area contributed by atoms with Gasteiger partial charge in [-0.05, 0) is 24.8 Å². The van der Waals surface area contributed by atoms with Gasteiger partial charge in [0.1, 0.15) is 11.2 Å². The number of aromatic nitrogens is 2. The van der Waals surface area contributed by atoms with Gasteiger partial charge in [-0.25, -0.2) is 0 Å². The molecule has 8 heteroatoms. The minimum atomic E-state index is -1.08. The van der Waals surface area contributed by atoms with Gasteiger partial charge in [0, 0.05) is 26.2 Å². The summed E-state index contributed by atoms with van der Waals surface area (Å²) in [6.45, 7) is 6.99. The van der Waals surface area contributed by atoms with Gasteiger partial charge in [-0.2, -0.15) is 5.10 Å². The molecule has 0 saturated carbocycles. The fourth-order valence-corrected chi connectivity index (χ4v) is 3.37. The van der Waals surface area contributed by atoms with Gasteiger partial charge in [-0.15, -0.1) is 0 Å². The van der Waals surface area contributed by atoms with Crippen LogP contribution >= 0.6 is 0 Å². The smallest absolute Gasteiger partial charge is 0.272 e. The first-order valence-corrected chi connectivity index (χ1v) is 10.2. The van der Waals surface area contributed by atoms with Crippen molar-refractivity contribution in [3.8, 4) is 0 Å². The molecule has 0 saturated heterocycles. The van der Waals surface area contributed by atoms with Crippen LogP contribution in [0.25, 0.3) is 0 Å². The van der Waals surface area contributed by atoms with Crippen LogP contribution in [0.1, 0.15) is 53.7 Å². The zero-order chi connectivity index (χ0) is 21.9. The van der Waals surface area contributed by atoms with Crippen LogP contribution in [0.4, 0.5) is 0 Å². The van der Waals surface area contributed by atoms with Crippen LogP contribution in [-0.4, -0.2) is 51.5 Å². The lowest BCUT2D eigenvalue weighted by atomic mass is 9.95. The van der Waals surface area contributed by atoms with Gasteiger partial charge in [0.05, 0.1) is 6.54 Å². The van der Waals surface area contributed by atoms with Crippen molar-refractivity contribution < 1.29 is 14.4 Å². The summed E-state index contributed by atoms with van der Waals surface area (Å²) in [7, 11) is 1.61. The highest BCUT2D eigenvalue weighted by molar-refractivity contribution is 6.01. The van der Waals surface area contributed by atoms with Gasteiger partial charge >= 0.3 is 0 Å². The fraction of sp³-hybridized carbons (Fsp3) is 0.455. The van der Waals surface area contributed by atoms with Crippen LogP contribution in [0.15, 0.2) is 36.4 Å². The third-order valence-electron chi connectivity index (χ3n) is 5.53. The van der Waals surface area contributed by atoms with E-state index in [0.29, 0.717) is 24.7 Å². The average Bonchev–Trinajstić information content (AvgIpc) is 3.14. The standard InChI is InChI=1S/C22H29N5O3/c1-15(2)10-11-23-21(30)22(3)14-27-18(20(29)26(22)4)12-17(25-27)19(28)24-13-16-8-6-5-7-9-16/h5-9,12,15H,10-11,13-14H2,1-4H3,(H,23,30)(H,24,28). The summed E-state index contributed by atoms with van der Waals surface area (Å²) in [5.74, 6) is -0.453. The zero-order valence-electron chi connectivity index (χ0n) is 17.9. The summed E-state index contributed by atoms with van der Waals surface area (Å²) in [5, 5.41) is 10.0. The molecule has 2 aromatic rings. The number of likely N-dealkylation sites (N-methyl/N-ethyl adjacent to an activating group) is 1. The van der Waals surface area contributed by atoms with Gasteiger partial charge in [0.2, 0.25) is 5.91 Å². The largest absolute Gasteiger partial charge is 0.354 e. The molecule has 1 aliphatic heterocycles. The number of hydrogen-bond donors (Lipinski definition) is 2. The van der Waals surface area contributed by atoms with Gasteiger partial charge in [-0.3, -0.25) is 19.1 Å². The normalized spacial score (nSPS) is 18.3. The Balaban J connectivity index is 1.73. The molecule has 3 amide bonds. The van der Waals surface area contributed by atoms with Crippen molar-refractivity contribution in [3.05, 3.63) is 53.3 Å². The second-order valence-corrected chi connectivity index (χ2v) is 8.32. The number of benzene rings is 1. The zero-order valence-corrected chi connectivity index (χ0v) is 17.9. The maximum absolute atomic E-state index is 12.9. The van der Waals surface area contributed by atoms with Crippen molar-refractivity contribution in [2.45, 2.75) is 45.8 Å². The Morgan fingerprint density at radius 1 is 1.20 bits per heavy atom. The summed E-state index contributed by atoms with van der Waals surface area (Å²) in [4.78, 5) is 39.7. The Kier molecular flexibility index (Phi) is 6.24. The first-order chi connectivity index (χ1) is 14.2. The van der Waals surface area contributed by atoms with Crippen LogP contribution in [0.5, 0.6) is 0 Å². The van der Waals surface area contributed by atoms with Crippen LogP contribution < -0.4 is 10.6 Å². The van der Waals surface area contributed by atoms with Gasteiger partial charge in [0.15, 0.2) is 5.69 Å². The van der Waals surface area contributed by atoms with Crippen LogP contribution in [0, 0.1) is 5.92 Å². The number of fused-ring (bicyclic) bond motifs is 1. The predicted molar refractivity (Wildman–Crippen MR) is 113 cm³/mol. The van der Waals surface area contributed by atoms with Crippen molar-refractivity contribution in [2.24, 2.45) is 5.92 Å². The Morgan fingerprint density at radius 2 is 1.90 bits per heavy atom. The lowest BCUT2D eigenvalue weighted by molar-refractivity contribution is -0.132. The molecule has 0 fully saturated rings. The second-order valence-electron chi connectivity index (χ2n) is 8.32. The van der Waals surface area contributed by atoms with Crippen molar-refractivity contribution in [1.82, 2.24) is 25.3 Å². The quantitative estimate of drug-likeness (QED) is 0.726. The minimum Gasteiger partial charge on any atom is -0.354 e. The molecule has 1 unspecified atom stereocenters. The van der Waals surface area contributed by atoms with Gasteiger partial charge in [0.25, 0.3) is 11.8 Å². The summed E-state index contributed by atoms with van der Waals surface area (Å²) in [6.07, 6.45) is 0.859. The molecule has 0 aliphatic carbocycles. The lowest BCUT2D eigenvalue weighted by Crippen LogP contribution is -2.62. The van der Waals surface area contributed by atoms with E-state index in [-0.39, 0.29) is 30.0 Å². The number of nitrogens with zero attached hydrogens (tertiary/aromatic N) is 3. The summed E-state index contributed by atoms with van der Waals surface area (Å²) in [5.41, 5.74) is 0.350. The maximum atomic E-state index is 12.9. The number of amides is 3. The number of hydrogen-bond acceptors (Lipinski definition) is 4. The highest BCUT2D eigenvalue weighted by atomic mass is 16.2. The second kappa shape index (κ2) is 8.69. The average molecular weight is 412 g/mol. The Bertz CT molecular complexity index is 938. The lowest BCUT2D eigenvalue weighted by Gasteiger charge is -2.40. The van der Waals surface area contributed by atoms with Gasteiger partial charge < -0.3 is 15.5 Å². The molecule has 1 aliphatic rings. The SMILES string of the molecule is CC(C)CCNC(=O)C1(C)Cn2nc(C(=O)NCc3ccccc3)cc2C(=O)N1C. The number of carbonyl (C=O) groups is 3. The van der Waals surface area contributed by atoms with E-state index >= 15 is 0 Å². The van der Waals surface area contributed by atoms with E-state index in [0.717, 1.165) is 12.0 Å². The molecule has 30 heavy (non-hydrogen) atoms. The van der Waals surface area contributed by atoms with Crippen LogP contribution in [-0.2, 0) is 17.9 Å². The van der Waals surface area contributed by atoms with E-state index < -0.39 is 5.54 Å². The molecule has 1 aromatic heterocycles. The predicted octanol–water partition coefficient (Wildman–Crippen LogP) is 1.82. The monoisotopic (exact) mass is 411 g/mol. The Labute approximate surface area is 176 Å². The molecule has 3 rings (SSSR count). The first kappa shape index (κ1) is 21.5. The summed E-state index contributed by atoms with van der Waals surface area (Å²) >= 11 is 0. The maximum Gasteiger partial charge on any atom is 0.272 e. The third-order valence-corrected chi connectivity index (χ3v) is 5.53. The van der Waals surface area contributed by atoms with E-state index in [4.69, 9.17) is 0 Å². The Morgan fingerprint density at radius 3 is 2.57 bits per heavy atom. The highest BCUT2D eigenvalue weighted by Crippen LogP contribution is 2.26. The molecular weight excluding hydrogens is 382 g/mol. The molecule has 2 heterocycles. The van der Waals surface area contributed by atoms with Crippen LogP contribution in [0.2, 0.25) is 0 Å². The topological polar surface area (TPSA) is 96.3 Å². The molecule has 2 N–H and O–H groups in total. The molecule has 0 radical (unpaired) electrons. The third kappa shape index (κ3) is 4.37. The summed E-state index contributed by atoms with van der Waals surface area (Å²) in [6, 6.07) is 11.0. The molecule has 8 nitrogen and oxygen atoms in total. The number of carbonyl (C=O) groups excluding carboxylic acids is 3. The Hall–Kier alpha value is -3.16. The first-order valence-electron chi connectivity index (χ1n) is 10.2. The number of nitrogens with one attached hydrogen (secondary N) is 2. The van der Waals surface area contributed by atoms with E-state index in [1.54, 1.807) is 14.0 Å².